The van der Waals surface area contributed by atoms with E-state index in [4.69, 9.17) is 4.74 Å². The number of piperidine rings is 1. The van der Waals surface area contributed by atoms with Gasteiger partial charge in [-0.3, -0.25) is 9.69 Å². The smallest absolute Gasteiger partial charge is 0.228 e. The van der Waals surface area contributed by atoms with Crippen LogP contribution in [0.1, 0.15) is 38.2 Å². The first kappa shape index (κ1) is 20.9. The molecule has 1 aliphatic carbocycles. The Morgan fingerprint density at radius 2 is 2.13 bits per heavy atom. The maximum absolute atomic E-state index is 13.8. The molecule has 3 fully saturated rings. The number of likely N-dealkylation sites (tertiary alicyclic amines) is 1. The number of ether oxygens (including phenoxy) is 1. The van der Waals surface area contributed by atoms with Crippen molar-refractivity contribution in [2.45, 2.75) is 45.2 Å². The third-order valence-corrected chi connectivity index (χ3v) is 7.99. The molecule has 0 bridgehead atoms. The predicted octanol–water partition coefficient (Wildman–Crippen LogP) is 2.16. The molecule has 0 unspecified atom stereocenters. The highest BCUT2D eigenvalue weighted by Gasteiger charge is 2.52. The van der Waals surface area contributed by atoms with Gasteiger partial charge in [0.25, 0.3) is 0 Å². The van der Waals surface area contributed by atoms with Gasteiger partial charge in [0.05, 0.1) is 24.1 Å². The van der Waals surface area contributed by atoms with Gasteiger partial charge in [-0.05, 0) is 62.4 Å². The van der Waals surface area contributed by atoms with Crippen LogP contribution in [0, 0.1) is 11.3 Å². The minimum atomic E-state index is -0.262. The second kappa shape index (κ2) is 8.88. The zero-order valence-corrected chi connectivity index (χ0v) is 18.6. The number of amides is 1. The summed E-state index contributed by atoms with van der Waals surface area (Å²) in [6.07, 6.45) is 8.12. The van der Waals surface area contributed by atoms with Crippen LogP contribution in [-0.4, -0.2) is 77.3 Å². The quantitative estimate of drug-likeness (QED) is 0.796. The molecular weight excluding hydrogens is 390 g/mol. The summed E-state index contributed by atoms with van der Waals surface area (Å²) in [6, 6.07) is 6.69. The van der Waals surface area contributed by atoms with Crippen LogP contribution in [0.2, 0.25) is 0 Å². The molecule has 1 amide bonds. The first-order valence-corrected chi connectivity index (χ1v) is 11.9. The van der Waals surface area contributed by atoms with E-state index in [1.54, 1.807) is 0 Å². The first-order valence-electron chi connectivity index (χ1n) is 11.9. The summed E-state index contributed by atoms with van der Waals surface area (Å²) in [6.45, 7) is 9.55. The number of pyridine rings is 1. The number of hydrogen-bond donors (Lipinski definition) is 1. The molecule has 168 valence electrons. The van der Waals surface area contributed by atoms with Crippen molar-refractivity contribution in [3.8, 4) is 0 Å². The number of nitrogens with one attached hydrogen (secondary N) is 1. The zero-order valence-electron chi connectivity index (χ0n) is 18.6. The van der Waals surface area contributed by atoms with E-state index in [0.717, 1.165) is 82.7 Å². The highest BCUT2D eigenvalue weighted by molar-refractivity contribution is 5.84. The van der Waals surface area contributed by atoms with Crippen LogP contribution >= 0.6 is 0 Å². The van der Waals surface area contributed by atoms with E-state index in [-0.39, 0.29) is 11.3 Å². The van der Waals surface area contributed by atoms with Gasteiger partial charge >= 0.3 is 0 Å². The van der Waals surface area contributed by atoms with E-state index in [2.05, 4.69) is 33.2 Å². The van der Waals surface area contributed by atoms with Crippen molar-refractivity contribution in [1.29, 1.82) is 0 Å². The van der Waals surface area contributed by atoms with Crippen molar-refractivity contribution in [2.75, 3.05) is 45.9 Å². The number of aromatic nitrogens is 2. The van der Waals surface area contributed by atoms with Crippen molar-refractivity contribution in [1.82, 2.24) is 24.7 Å². The minimum absolute atomic E-state index is 0.248. The van der Waals surface area contributed by atoms with Crippen molar-refractivity contribution in [3.63, 3.8) is 0 Å². The molecular formula is C24H35N5O2. The Kier molecular flexibility index (Phi) is 5.99. The van der Waals surface area contributed by atoms with Gasteiger partial charge < -0.3 is 15.0 Å². The van der Waals surface area contributed by atoms with Crippen LogP contribution < -0.4 is 5.32 Å². The molecule has 0 aromatic carbocycles. The zero-order chi connectivity index (χ0) is 21.3. The highest BCUT2D eigenvalue weighted by Crippen LogP contribution is 2.48. The van der Waals surface area contributed by atoms with Crippen LogP contribution in [0.4, 0.5) is 0 Å². The lowest BCUT2D eigenvalue weighted by Gasteiger charge is -2.53. The topological polar surface area (TPSA) is 62.1 Å². The lowest BCUT2D eigenvalue weighted by atomic mass is 9.61. The van der Waals surface area contributed by atoms with E-state index in [9.17, 15) is 4.79 Å². The van der Waals surface area contributed by atoms with Crippen LogP contribution in [0.5, 0.6) is 0 Å². The summed E-state index contributed by atoms with van der Waals surface area (Å²) in [4.78, 5) is 18.8. The van der Waals surface area contributed by atoms with Gasteiger partial charge in [0.1, 0.15) is 0 Å². The molecule has 2 aromatic heterocycles. The Hall–Kier alpha value is -1.96. The molecule has 31 heavy (non-hydrogen) atoms. The fourth-order valence-corrected chi connectivity index (χ4v) is 6.15. The van der Waals surface area contributed by atoms with Crippen LogP contribution in [0.3, 0.4) is 0 Å². The van der Waals surface area contributed by atoms with Gasteiger partial charge in [-0.1, -0.05) is 13.0 Å². The molecule has 5 rings (SSSR count). The summed E-state index contributed by atoms with van der Waals surface area (Å²) >= 11 is 0. The molecule has 1 N–H and O–H groups in total. The number of nitrogens with zero attached hydrogens (tertiary/aromatic N) is 4. The molecule has 4 heterocycles. The Morgan fingerprint density at radius 3 is 2.97 bits per heavy atom. The van der Waals surface area contributed by atoms with Gasteiger partial charge in [0.15, 0.2) is 0 Å². The molecule has 0 spiro atoms. The van der Waals surface area contributed by atoms with Crippen molar-refractivity contribution < 1.29 is 9.53 Å². The summed E-state index contributed by atoms with van der Waals surface area (Å²) in [5, 5.41) is 7.66. The lowest BCUT2D eigenvalue weighted by Crippen LogP contribution is -2.60. The SMILES string of the molecule is CCN1CC[C@@H]2C[C@@H](N3CCOCC3)CC[C@@]2(C(=O)NCc2cccn3nccc23)C1. The number of hydrogen-bond acceptors (Lipinski definition) is 5. The average Bonchev–Trinajstić information content (AvgIpc) is 3.32. The second-order valence-electron chi connectivity index (χ2n) is 9.46. The fourth-order valence-electron chi connectivity index (χ4n) is 6.15. The summed E-state index contributed by atoms with van der Waals surface area (Å²) in [5.41, 5.74) is 1.92. The molecule has 0 radical (unpaired) electrons. The van der Waals surface area contributed by atoms with Crippen LogP contribution in [-0.2, 0) is 16.1 Å². The summed E-state index contributed by atoms with van der Waals surface area (Å²) < 4.78 is 7.43. The number of fused-ring (bicyclic) bond motifs is 2. The van der Waals surface area contributed by atoms with Crippen molar-refractivity contribution in [2.24, 2.45) is 11.3 Å². The summed E-state index contributed by atoms with van der Waals surface area (Å²) in [7, 11) is 0. The molecule has 3 aliphatic rings. The molecule has 7 heteroatoms. The Labute approximate surface area is 184 Å². The molecule has 1 saturated carbocycles. The van der Waals surface area contributed by atoms with E-state index in [0.29, 0.717) is 18.5 Å². The maximum Gasteiger partial charge on any atom is 0.228 e. The normalized spacial score (nSPS) is 30.2. The monoisotopic (exact) mass is 425 g/mol. The standard InChI is InChI=1S/C24H35N5O2/c1-2-27-11-7-20-16-21(28-12-14-31-15-13-28)5-8-24(20,18-27)23(30)25-17-19-4-3-10-29-22(19)6-9-26-29/h3-4,6,9-10,20-21H,2,5,7-8,11-18H2,1H3,(H,25,30)/t20-,21+,24-/m1/s1. The average molecular weight is 426 g/mol. The fraction of sp³-hybridized carbons (Fsp3) is 0.667. The Morgan fingerprint density at radius 1 is 1.26 bits per heavy atom. The third kappa shape index (κ3) is 3.99. The highest BCUT2D eigenvalue weighted by atomic mass is 16.5. The van der Waals surface area contributed by atoms with Crippen molar-refractivity contribution >= 4 is 11.4 Å². The van der Waals surface area contributed by atoms with Gasteiger partial charge in [-0.15, -0.1) is 0 Å². The number of carbonyl (C=O) groups is 1. The summed E-state index contributed by atoms with van der Waals surface area (Å²) in [5.74, 6) is 0.709. The van der Waals surface area contributed by atoms with E-state index in [1.807, 2.05) is 29.0 Å². The maximum atomic E-state index is 13.8. The van der Waals surface area contributed by atoms with Gasteiger partial charge in [0.2, 0.25) is 5.91 Å². The van der Waals surface area contributed by atoms with Crippen molar-refractivity contribution in [3.05, 3.63) is 36.2 Å². The molecule has 2 aromatic rings. The predicted molar refractivity (Wildman–Crippen MR) is 120 cm³/mol. The number of carbonyl (C=O) groups excluding carboxylic acids is 1. The van der Waals surface area contributed by atoms with E-state index in [1.165, 1.54) is 0 Å². The minimum Gasteiger partial charge on any atom is -0.379 e. The van der Waals surface area contributed by atoms with E-state index < -0.39 is 0 Å². The molecule has 3 atom stereocenters. The van der Waals surface area contributed by atoms with Gasteiger partial charge in [0, 0.05) is 44.6 Å². The van der Waals surface area contributed by atoms with Gasteiger partial charge in [-0.2, -0.15) is 5.10 Å². The first-order chi connectivity index (χ1) is 15.2. The van der Waals surface area contributed by atoms with Crippen LogP contribution in [0.25, 0.3) is 5.52 Å². The Balaban J connectivity index is 1.32. The largest absolute Gasteiger partial charge is 0.379 e. The second-order valence-corrected chi connectivity index (χ2v) is 9.46. The number of morpholine rings is 1. The Bertz CT molecular complexity index is 908. The third-order valence-electron chi connectivity index (χ3n) is 7.99. The van der Waals surface area contributed by atoms with Gasteiger partial charge in [-0.25, -0.2) is 4.52 Å². The molecule has 2 saturated heterocycles. The molecule has 2 aliphatic heterocycles. The van der Waals surface area contributed by atoms with Crippen LogP contribution in [0.15, 0.2) is 30.6 Å². The lowest BCUT2D eigenvalue weighted by molar-refractivity contribution is -0.145. The number of rotatable bonds is 5. The molecule has 7 nitrogen and oxygen atoms in total. The van der Waals surface area contributed by atoms with E-state index >= 15 is 0 Å².